The SMILES string of the molecule is CCN(Cc1ccco1)Cc1ccccc1CCNC. The Morgan fingerprint density at radius 3 is 2.50 bits per heavy atom. The van der Waals surface area contributed by atoms with E-state index in [1.807, 2.05) is 19.2 Å². The third-order valence-corrected chi connectivity index (χ3v) is 3.56. The minimum atomic E-state index is 0.865. The fraction of sp³-hybridized carbons (Fsp3) is 0.412. The molecule has 0 aliphatic heterocycles. The van der Waals surface area contributed by atoms with Crippen LogP contribution in [0.5, 0.6) is 0 Å². The molecule has 3 heteroatoms. The Bertz CT molecular complexity index is 493. The molecule has 0 aliphatic rings. The van der Waals surface area contributed by atoms with Gasteiger partial charge in [0.1, 0.15) is 5.76 Å². The van der Waals surface area contributed by atoms with Crippen LogP contribution in [0.2, 0.25) is 0 Å². The first-order valence-corrected chi connectivity index (χ1v) is 7.29. The predicted octanol–water partition coefficient (Wildman–Crippen LogP) is 3.06. The summed E-state index contributed by atoms with van der Waals surface area (Å²) >= 11 is 0. The molecular formula is C17H24N2O. The van der Waals surface area contributed by atoms with E-state index in [9.17, 15) is 0 Å². The minimum Gasteiger partial charge on any atom is -0.468 e. The average molecular weight is 272 g/mol. The Morgan fingerprint density at radius 2 is 1.85 bits per heavy atom. The first-order chi connectivity index (χ1) is 9.83. The van der Waals surface area contributed by atoms with Crippen molar-refractivity contribution in [1.82, 2.24) is 10.2 Å². The zero-order valence-corrected chi connectivity index (χ0v) is 12.4. The molecule has 0 fully saturated rings. The van der Waals surface area contributed by atoms with Crippen molar-refractivity contribution in [3.8, 4) is 0 Å². The van der Waals surface area contributed by atoms with Crippen molar-refractivity contribution in [2.45, 2.75) is 26.4 Å². The number of hydrogen-bond acceptors (Lipinski definition) is 3. The molecule has 0 spiro atoms. The van der Waals surface area contributed by atoms with Crippen molar-refractivity contribution >= 4 is 0 Å². The molecule has 108 valence electrons. The summed E-state index contributed by atoms with van der Waals surface area (Å²) in [4.78, 5) is 2.40. The topological polar surface area (TPSA) is 28.4 Å². The first kappa shape index (κ1) is 14.8. The van der Waals surface area contributed by atoms with Crippen LogP contribution in [-0.2, 0) is 19.5 Å². The quantitative estimate of drug-likeness (QED) is 0.800. The van der Waals surface area contributed by atoms with Crippen molar-refractivity contribution in [3.05, 3.63) is 59.5 Å². The van der Waals surface area contributed by atoms with Gasteiger partial charge in [0.25, 0.3) is 0 Å². The van der Waals surface area contributed by atoms with E-state index in [0.29, 0.717) is 0 Å². The Morgan fingerprint density at radius 1 is 1.05 bits per heavy atom. The molecule has 0 bridgehead atoms. The molecule has 0 aliphatic carbocycles. The molecule has 0 atom stereocenters. The molecule has 3 nitrogen and oxygen atoms in total. The zero-order chi connectivity index (χ0) is 14.2. The lowest BCUT2D eigenvalue weighted by atomic mass is 10.0. The number of rotatable bonds is 8. The number of nitrogens with one attached hydrogen (secondary N) is 1. The second-order valence-electron chi connectivity index (χ2n) is 5.00. The molecule has 2 rings (SSSR count). The molecule has 1 aromatic carbocycles. The second-order valence-corrected chi connectivity index (χ2v) is 5.00. The lowest BCUT2D eigenvalue weighted by Gasteiger charge is -2.21. The third-order valence-electron chi connectivity index (χ3n) is 3.56. The average Bonchev–Trinajstić information content (AvgIpc) is 2.98. The summed E-state index contributed by atoms with van der Waals surface area (Å²) in [5.41, 5.74) is 2.84. The summed E-state index contributed by atoms with van der Waals surface area (Å²) in [7, 11) is 2.00. The smallest absolute Gasteiger partial charge is 0.117 e. The highest BCUT2D eigenvalue weighted by Crippen LogP contribution is 2.14. The van der Waals surface area contributed by atoms with Gasteiger partial charge in [-0.1, -0.05) is 31.2 Å². The number of benzene rings is 1. The van der Waals surface area contributed by atoms with E-state index in [0.717, 1.165) is 38.4 Å². The Labute approximate surface area is 121 Å². The summed E-state index contributed by atoms with van der Waals surface area (Å²) in [5.74, 6) is 1.03. The maximum atomic E-state index is 5.45. The van der Waals surface area contributed by atoms with Gasteiger partial charge in [0.05, 0.1) is 12.8 Å². The van der Waals surface area contributed by atoms with Crippen LogP contribution >= 0.6 is 0 Å². The largest absolute Gasteiger partial charge is 0.468 e. The highest BCUT2D eigenvalue weighted by molar-refractivity contribution is 5.27. The van der Waals surface area contributed by atoms with Crippen LogP contribution in [-0.4, -0.2) is 25.0 Å². The van der Waals surface area contributed by atoms with Gasteiger partial charge >= 0.3 is 0 Å². The maximum absolute atomic E-state index is 5.45. The number of furan rings is 1. The maximum Gasteiger partial charge on any atom is 0.117 e. The van der Waals surface area contributed by atoms with Crippen molar-refractivity contribution in [1.29, 1.82) is 0 Å². The van der Waals surface area contributed by atoms with Gasteiger partial charge in [-0.25, -0.2) is 0 Å². The summed E-state index contributed by atoms with van der Waals surface area (Å²) in [5, 5.41) is 3.22. The molecule has 1 heterocycles. The van der Waals surface area contributed by atoms with Gasteiger partial charge in [-0.15, -0.1) is 0 Å². The summed E-state index contributed by atoms with van der Waals surface area (Å²) < 4.78 is 5.45. The molecule has 1 N–H and O–H groups in total. The van der Waals surface area contributed by atoms with Crippen LogP contribution in [0.1, 0.15) is 23.8 Å². The van der Waals surface area contributed by atoms with Crippen LogP contribution < -0.4 is 5.32 Å². The molecule has 1 aromatic heterocycles. The highest BCUT2D eigenvalue weighted by Gasteiger charge is 2.09. The predicted molar refractivity (Wildman–Crippen MR) is 82.6 cm³/mol. The van der Waals surface area contributed by atoms with Crippen molar-refractivity contribution in [2.24, 2.45) is 0 Å². The minimum absolute atomic E-state index is 0.865. The Hall–Kier alpha value is -1.58. The van der Waals surface area contributed by atoms with Gasteiger partial charge in [0, 0.05) is 6.54 Å². The fourth-order valence-corrected chi connectivity index (χ4v) is 2.36. The molecule has 0 saturated carbocycles. The van der Waals surface area contributed by atoms with Crippen LogP contribution in [0.15, 0.2) is 47.1 Å². The van der Waals surface area contributed by atoms with E-state index in [1.165, 1.54) is 11.1 Å². The lowest BCUT2D eigenvalue weighted by Crippen LogP contribution is -2.23. The van der Waals surface area contributed by atoms with Gasteiger partial charge in [0.15, 0.2) is 0 Å². The van der Waals surface area contributed by atoms with E-state index in [2.05, 4.69) is 41.4 Å². The summed E-state index contributed by atoms with van der Waals surface area (Å²) in [6.07, 6.45) is 2.81. The van der Waals surface area contributed by atoms with Crippen molar-refractivity contribution in [2.75, 3.05) is 20.1 Å². The number of likely N-dealkylation sites (N-methyl/N-ethyl adjacent to an activating group) is 1. The fourth-order valence-electron chi connectivity index (χ4n) is 2.36. The monoisotopic (exact) mass is 272 g/mol. The summed E-state index contributed by atoms with van der Waals surface area (Å²) in [6, 6.07) is 12.7. The van der Waals surface area contributed by atoms with Gasteiger partial charge in [-0.05, 0) is 49.8 Å². The van der Waals surface area contributed by atoms with E-state index in [4.69, 9.17) is 4.42 Å². The second kappa shape index (κ2) is 7.88. The molecule has 0 saturated heterocycles. The third kappa shape index (κ3) is 4.22. The first-order valence-electron chi connectivity index (χ1n) is 7.29. The van der Waals surface area contributed by atoms with Gasteiger partial charge in [0.2, 0.25) is 0 Å². The van der Waals surface area contributed by atoms with E-state index in [1.54, 1.807) is 6.26 Å². The standard InChI is InChI=1S/C17H24N2O/c1-3-19(14-17-9-6-12-20-17)13-16-8-5-4-7-15(16)10-11-18-2/h4-9,12,18H,3,10-11,13-14H2,1-2H3. The normalized spacial score (nSPS) is 11.2. The summed E-state index contributed by atoms with van der Waals surface area (Å²) in [6.45, 7) is 6.06. The van der Waals surface area contributed by atoms with E-state index in [-0.39, 0.29) is 0 Å². The highest BCUT2D eigenvalue weighted by atomic mass is 16.3. The van der Waals surface area contributed by atoms with Crippen LogP contribution in [0, 0.1) is 0 Å². The molecule has 2 aromatic rings. The van der Waals surface area contributed by atoms with Crippen molar-refractivity contribution in [3.63, 3.8) is 0 Å². The molecular weight excluding hydrogens is 248 g/mol. The molecule has 20 heavy (non-hydrogen) atoms. The molecule has 0 unspecified atom stereocenters. The van der Waals surface area contributed by atoms with E-state index >= 15 is 0 Å². The Kier molecular flexibility index (Phi) is 5.84. The zero-order valence-electron chi connectivity index (χ0n) is 12.4. The van der Waals surface area contributed by atoms with Crippen LogP contribution in [0.3, 0.4) is 0 Å². The van der Waals surface area contributed by atoms with Crippen LogP contribution in [0.4, 0.5) is 0 Å². The van der Waals surface area contributed by atoms with Crippen LogP contribution in [0.25, 0.3) is 0 Å². The number of hydrogen-bond donors (Lipinski definition) is 1. The number of nitrogens with zero attached hydrogens (tertiary/aromatic N) is 1. The Balaban J connectivity index is 2.03. The van der Waals surface area contributed by atoms with Crippen molar-refractivity contribution < 1.29 is 4.42 Å². The molecule has 0 radical (unpaired) electrons. The van der Waals surface area contributed by atoms with Gasteiger partial charge < -0.3 is 9.73 Å². The lowest BCUT2D eigenvalue weighted by molar-refractivity contribution is 0.247. The molecule has 0 amide bonds. The van der Waals surface area contributed by atoms with Gasteiger partial charge in [-0.2, -0.15) is 0 Å². The van der Waals surface area contributed by atoms with Gasteiger partial charge in [-0.3, -0.25) is 4.90 Å². The van der Waals surface area contributed by atoms with E-state index < -0.39 is 0 Å².